The fourth-order valence-electron chi connectivity index (χ4n) is 2.02. The molecular formula is C12H13Li. The largest absolute Gasteiger partial charge is 1.00 e. The summed E-state index contributed by atoms with van der Waals surface area (Å²) in [6, 6.07) is 4.48. The van der Waals surface area contributed by atoms with Crippen molar-refractivity contribution in [3.05, 3.63) is 40.5 Å². The Morgan fingerprint density at radius 1 is 1.23 bits per heavy atom. The van der Waals surface area contributed by atoms with Gasteiger partial charge in [-0.3, -0.25) is 6.08 Å². The van der Waals surface area contributed by atoms with Crippen molar-refractivity contribution in [2.75, 3.05) is 0 Å². The molecule has 0 aromatic heterocycles. The molecule has 1 aliphatic rings. The van der Waals surface area contributed by atoms with Crippen molar-refractivity contribution in [2.45, 2.75) is 26.7 Å². The molecule has 0 radical (unpaired) electrons. The Morgan fingerprint density at radius 3 is 2.62 bits per heavy atom. The molecule has 0 heterocycles. The van der Waals surface area contributed by atoms with Gasteiger partial charge in [0, 0.05) is 0 Å². The van der Waals surface area contributed by atoms with E-state index in [0.717, 1.165) is 0 Å². The number of rotatable bonds is 0. The summed E-state index contributed by atoms with van der Waals surface area (Å²) >= 11 is 0. The summed E-state index contributed by atoms with van der Waals surface area (Å²) in [6.07, 6.45) is 5.44. The van der Waals surface area contributed by atoms with E-state index in [9.17, 15) is 0 Å². The Hall–Kier alpha value is -0.443. The van der Waals surface area contributed by atoms with Crippen molar-refractivity contribution in [1.82, 2.24) is 0 Å². The SMILES string of the molecule is Cc1cc(C)c2c(c1)C=[C-]C2C.[Li+]. The summed E-state index contributed by atoms with van der Waals surface area (Å²) in [5.41, 5.74) is 5.57. The van der Waals surface area contributed by atoms with Gasteiger partial charge in [-0.15, -0.1) is 11.6 Å². The molecule has 0 saturated carbocycles. The number of aryl methyl sites for hydroxylation is 2. The van der Waals surface area contributed by atoms with Gasteiger partial charge in [0.15, 0.2) is 0 Å². The standard InChI is InChI=1S/C12H13.Li/c1-8-6-10(3)12-9(2)4-5-11(12)7-8;/h5-7,9H,1-3H3;/q-1;+1. The molecule has 1 atom stereocenters. The molecule has 13 heavy (non-hydrogen) atoms. The third kappa shape index (κ3) is 1.75. The normalized spacial score (nSPS) is 18.2. The number of allylic oxidation sites excluding steroid dienone is 1. The fraction of sp³-hybridized carbons (Fsp3) is 0.333. The maximum Gasteiger partial charge on any atom is 1.00 e. The van der Waals surface area contributed by atoms with E-state index in [1.165, 1.54) is 22.3 Å². The summed E-state index contributed by atoms with van der Waals surface area (Å²) in [6.45, 7) is 6.53. The van der Waals surface area contributed by atoms with Crippen LogP contribution >= 0.6 is 0 Å². The maximum absolute atomic E-state index is 3.33. The van der Waals surface area contributed by atoms with Gasteiger partial charge in [-0.2, -0.15) is 5.56 Å². The summed E-state index contributed by atoms with van der Waals surface area (Å²) in [5, 5.41) is 0. The molecule has 0 N–H and O–H groups in total. The van der Waals surface area contributed by atoms with Gasteiger partial charge in [0.25, 0.3) is 0 Å². The Bertz CT molecular complexity index is 350. The monoisotopic (exact) mass is 164 g/mol. The third-order valence-corrected chi connectivity index (χ3v) is 2.49. The van der Waals surface area contributed by atoms with E-state index in [-0.39, 0.29) is 18.9 Å². The molecule has 2 rings (SSSR count). The van der Waals surface area contributed by atoms with Crippen LogP contribution in [0.25, 0.3) is 6.08 Å². The Labute approximate surface area is 92.2 Å². The molecule has 0 nitrogen and oxygen atoms in total. The zero-order valence-corrected chi connectivity index (χ0v) is 8.81. The Balaban J connectivity index is 0.000000845. The molecule has 0 amide bonds. The first-order valence-corrected chi connectivity index (χ1v) is 4.39. The average Bonchev–Trinajstić information content (AvgIpc) is 2.31. The first kappa shape index (κ1) is 10.6. The predicted octanol–water partition coefficient (Wildman–Crippen LogP) is 0.241. The fourth-order valence-corrected chi connectivity index (χ4v) is 2.02. The second kappa shape index (κ2) is 3.74. The van der Waals surface area contributed by atoms with Gasteiger partial charge in [-0.05, 0) is 13.8 Å². The Morgan fingerprint density at radius 2 is 1.92 bits per heavy atom. The smallest absolute Gasteiger partial charge is 0.269 e. The van der Waals surface area contributed by atoms with Crippen molar-refractivity contribution in [3.63, 3.8) is 0 Å². The van der Waals surface area contributed by atoms with Gasteiger partial charge in [0.2, 0.25) is 0 Å². The maximum atomic E-state index is 3.33. The zero-order chi connectivity index (χ0) is 8.72. The zero-order valence-electron chi connectivity index (χ0n) is 8.81. The van der Waals surface area contributed by atoms with Crippen LogP contribution in [0.2, 0.25) is 0 Å². The first-order chi connectivity index (χ1) is 5.68. The minimum Gasteiger partial charge on any atom is -0.269 e. The van der Waals surface area contributed by atoms with Crippen LogP contribution in [0.3, 0.4) is 0 Å². The van der Waals surface area contributed by atoms with Gasteiger partial charge in [0.1, 0.15) is 0 Å². The summed E-state index contributed by atoms with van der Waals surface area (Å²) in [4.78, 5) is 0. The van der Waals surface area contributed by atoms with Crippen LogP contribution in [0.5, 0.6) is 0 Å². The van der Waals surface area contributed by atoms with Crippen molar-refractivity contribution in [3.8, 4) is 0 Å². The molecule has 1 heteroatoms. The second-order valence-electron chi connectivity index (χ2n) is 3.62. The van der Waals surface area contributed by atoms with Crippen LogP contribution in [0.15, 0.2) is 12.1 Å². The van der Waals surface area contributed by atoms with Gasteiger partial charge in [0.05, 0.1) is 0 Å². The van der Waals surface area contributed by atoms with Crippen molar-refractivity contribution in [2.24, 2.45) is 0 Å². The summed E-state index contributed by atoms with van der Waals surface area (Å²) < 4.78 is 0. The van der Waals surface area contributed by atoms with Crippen LogP contribution < -0.4 is 18.9 Å². The van der Waals surface area contributed by atoms with Crippen LogP contribution in [0.4, 0.5) is 0 Å². The van der Waals surface area contributed by atoms with E-state index < -0.39 is 0 Å². The molecule has 0 fully saturated rings. The van der Waals surface area contributed by atoms with Crippen molar-refractivity contribution < 1.29 is 18.9 Å². The van der Waals surface area contributed by atoms with Crippen LogP contribution in [-0.2, 0) is 0 Å². The number of hydrogen-bond donors (Lipinski definition) is 0. The van der Waals surface area contributed by atoms with E-state index in [0.29, 0.717) is 5.92 Å². The van der Waals surface area contributed by atoms with Crippen LogP contribution in [0.1, 0.15) is 35.1 Å². The molecule has 1 aliphatic carbocycles. The molecule has 0 bridgehead atoms. The van der Waals surface area contributed by atoms with E-state index in [4.69, 9.17) is 0 Å². The minimum absolute atomic E-state index is 0. The number of benzene rings is 1. The topological polar surface area (TPSA) is 0 Å². The summed E-state index contributed by atoms with van der Waals surface area (Å²) in [5.74, 6) is 0.487. The molecule has 62 valence electrons. The molecular weight excluding hydrogens is 151 g/mol. The van der Waals surface area contributed by atoms with Gasteiger partial charge < -0.3 is 0 Å². The van der Waals surface area contributed by atoms with Gasteiger partial charge in [-0.25, -0.2) is 6.08 Å². The summed E-state index contributed by atoms with van der Waals surface area (Å²) in [7, 11) is 0. The van der Waals surface area contributed by atoms with Crippen molar-refractivity contribution >= 4 is 6.08 Å². The molecule has 1 aromatic rings. The number of hydrogen-bond acceptors (Lipinski definition) is 0. The van der Waals surface area contributed by atoms with E-state index in [1.807, 2.05) is 0 Å². The van der Waals surface area contributed by atoms with E-state index in [2.05, 4.69) is 45.1 Å². The van der Waals surface area contributed by atoms with E-state index >= 15 is 0 Å². The van der Waals surface area contributed by atoms with Crippen LogP contribution in [0, 0.1) is 19.9 Å². The van der Waals surface area contributed by atoms with Crippen LogP contribution in [-0.4, -0.2) is 0 Å². The van der Waals surface area contributed by atoms with Gasteiger partial charge >= 0.3 is 18.9 Å². The molecule has 0 saturated heterocycles. The van der Waals surface area contributed by atoms with E-state index in [1.54, 1.807) is 0 Å². The molecule has 0 aliphatic heterocycles. The molecule has 1 aromatic carbocycles. The second-order valence-corrected chi connectivity index (χ2v) is 3.62. The molecule has 1 unspecified atom stereocenters. The Kier molecular flexibility index (Phi) is 3.06. The quantitative estimate of drug-likeness (QED) is 0.380. The molecule has 0 spiro atoms. The number of fused-ring (bicyclic) bond motifs is 1. The van der Waals surface area contributed by atoms with Crippen molar-refractivity contribution in [1.29, 1.82) is 0 Å². The third-order valence-electron chi connectivity index (χ3n) is 2.49. The minimum atomic E-state index is 0. The predicted molar refractivity (Wildman–Crippen MR) is 52.0 cm³/mol. The van der Waals surface area contributed by atoms with Gasteiger partial charge in [-0.1, -0.05) is 30.0 Å². The average molecular weight is 164 g/mol. The first-order valence-electron chi connectivity index (χ1n) is 4.39.